The van der Waals surface area contributed by atoms with E-state index in [1.807, 2.05) is 39.8 Å². The van der Waals surface area contributed by atoms with Crippen molar-refractivity contribution in [2.24, 2.45) is 5.41 Å². The molecule has 0 aliphatic carbocycles. The molecule has 0 amide bonds. The number of hydrogen-bond donors (Lipinski definition) is 0. The lowest BCUT2D eigenvalue weighted by Crippen LogP contribution is -2.24. The predicted molar refractivity (Wildman–Crippen MR) is 143 cm³/mol. The highest BCUT2D eigenvalue weighted by Gasteiger charge is 2.23. The summed E-state index contributed by atoms with van der Waals surface area (Å²) in [4.78, 5) is 24.8. The van der Waals surface area contributed by atoms with Crippen molar-refractivity contribution in [1.29, 1.82) is 0 Å². The Hall–Kier alpha value is -3.28. The number of allylic oxidation sites excluding steroid dienone is 1. The number of ketones is 1. The summed E-state index contributed by atoms with van der Waals surface area (Å²) in [5, 5.41) is 0. The van der Waals surface area contributed by atoms with Crippen LogP contribution in [-0.2, 0) is 16.0 Å². The molecule has 0 unspecified atom stereocenters. The highest BCUT2D eigenvalue weighted by Crippen LogP contribution is 2.36. The van der Waals surface area contributed by atoms with Crippen LogP contribution in [0.2, 0.25) is 0 Å². The lowest BCUT2D eigenvalue weighted by Gasteiger charge is -2.21. The average Bonchev–Trinajstić information content (AvgIpc) is 2.79. The van der Waals surface area contributed by atoms with Crippen molar-refractivity contribution in [3.8, 4) is 17.2 Å². The second kappa shape index (κ2) is 13.1. The second-order valence-corrected chi connectivity index (χ2v) is 10.2. The third kappa shape index (κ3) is 8.74. The van der Waals surface area contributed by atoms with Gasteiger partial charge in [-0.25, -0.2) is 0 Å². The summed E-state index contributed by atoms with van der Waals surface area (Å²) in [5.74, 6) is 1.43. The molecule has 0 N–H and O–H groups in total. The van der Waals surface area contributed by atoms with Gasteiger partial charge in [-0.1, -0.05) is 19.4 Å². The van der Waals surface area contributed by atoms with Crippen molar-refractivity contribution in [1.82, 2.24) is 0 Å². The number of benzene rings is 2. The van der Waals surface area contributed by atoms with E-state index in [0.717, 1.165) is 29.7 Å². The molecule has 196 valence electrons. The van der Waals surface area contributed by atoms with E-state index in [1.54, 1.807) is 51.1 Å². The van der Waals surface area contributed by atoms with Gasteiger partial charge in [-0.3, -0.25) is 9.59 Å². The Balaban J connectivity index is 2.22. The molecule has 0 aliphatic heterocycles. The number of carbonyl (C=O) groups is 2. The minimum atomic E-state index is -0.595. The Bertz CT molecular complexity index is 1040. The molecule has 6 heteroatoms. The van der Waals surface area contributed by atoms with Crippen LogP contribution in [0.5, 0.6) is 17.2 Å². The Morgan fingerprint density at radius 1 is 0.917 bits per heavy atom. The first-order chi connectivity index (χ1) is 16.9. The van der Waals surface area contributed by atoms with Gasteiger partial charge in [0.1, 0.15) is 17.2 Å². The summed E-state index contributed by atoms with van der Waals surface area (Å²) < 4.78 is 22.8. The highest BCUT2D eigenvalue weighted by molar-refractivity contribution is 6.07. The maximum Gasteiger partial charge on any atom is 0.314 e. The Kier molecular flexibility index (Phi) is 10.6. The molecular weight excluding hydrogens is 456 g/mol. The molecule has 0 saturated heterocycles. The van der Waals surface area contributed by atoms with Crippen molar-refractivity contribution < 1.29 is 28.5 Å². The zero-order chi connectivity index (χ0) is 26.9. The zero-order valence-electron chi connectivity index (χ0n) is 22.8. The van der Waals surface area contributed by atoms with Crippen LogP contribution in [0.15, 0.2) is 42.5 Å². The summed E-state index contributed by atoms with van der Waals surface area (Å²) in [5.41, 5.74) is 1.76. The van der Waals surface area contributed by atoms with Gasteiger partial charge < -0.3 is 18.9 Å². The van der Waals surface area contributed by atoms with Crippen molar-refractivity contribution in [2.45, 2.75) is 80.4 Å². The van der Waals surface area contributed by atoms with Crippen LogP contribution < -0.4 is 14.2 Å². The summed E-state index contributed by atoms with van der Waals surface area (Å²) >= 11 is 0. The highest BCUT2D eigenvalue weighted by atomic mass is 16.7. The molecule has 2 aromatic carbocycles. The number of esters is 1. The lowest BCUT2D eigenvalue weighted by molar-refractivity contribution is -0.159. The van der Waals surface area contributed by atoms with Gasteiger partial charge in [0.2, 0.25) is 6.79 Å². The van der Waals surface area contributed by atoms with Gasteiger partial charge in [-0.2, -0.15) is 0 Å². The second-order valence-electron chi connectivity index (χ2n) is 10.2. The van der Waals surface area contributed by atoms with Gasteiger partial charge in [-0.15, -0.1) is 0 Å². The largest absolute Gasteiger partial charge is 0.490 e. The molecule has 2 aromatic rings. The van der Waals surface area contributed by atoms with E-state index in [4.69, 9.17) is 18.9 Å². The molecule has 0 bridgehead atoms. The van der Waals surface area contributed by atoms with Crippen LogP contribution in [0.3, 0.4) is 0 Å². The molecule has 0 atom stereocenters. The standard InChI is InChI=1S/C30H40O6/c1-9-10-23-13-18-27(35-20(2)3)25(28(23)36-21(4)5)16-17-26(31)22-11-14-24(15-12-22)33-19-34-29(32)30(6,7)8/h11-18,20-21H,9-10,19H2,1-8H3. The molecule has 36 heavy (non-hydrogen) atoms. The van der Waals surface area contributed by atoms with Crippen LogP contribution >= 0.6 is 0 Å². The van der Waals surface area contributed by atoms with Crippen LogP contribution in [-0.4, -0.2) is 30.8 Å². The Labute approximate surface area is 215 Å². The molecule has 0 radical (unpaired) electrons. The smallest absolute Gasteiger partial charge is 0.314 e. The van der Waals surface area contributed by atoms with Crippen LogP contribution in [0.25, 0.3) is 6.08 Å². The molecule has 0 spiro atoms. The number of carbonyl (C=O) groups excluding carboxylic acids is 2. The monoisotopic (exact) mass is 496 g/mol. The van der Waals surface area contributed by atoms with Gasteiger partial charge in [0, 0.05) is 5.56 Å². The van der Waals surface area contributed by atoms with Crippen molar-refractivity contribution >= 4 is 17.8 Å². The third-order valence-electron chi connectivity index (χ3n) is 5.04. The molecule has 0 saturated carbocycles. The van der Waals surface area contributed by atoms with E-state index in [1.165, 1.54) is 6.08 Å². The van der Waals surface area contributed by atoms with Gasteiger partial charge >= 0.3 is 5.97 Å². The summed E-state index contributed by atoms with van der Waals surface area (Å²) in [6.07, 6.45) is 5.11. The zero-order valence-corrected chi connectivity index (χ0v) is 22.8. The number of aryl methyl sites for hydroxylation is 1. The van der Waals surface area contributed by atoms with E-state index in [0.29, 0.717) is 17.1 Å². The van der Waals surface area contributed by atoms with Gasteiger partial charge in [0.05, 0.1) is 23.2 Å². The maximum atomic E-state index is 12.9. The van der Waals surface area contributed by atoms with E-state index < -0.39 is 5.41 Å². The first kappa shape index (κ1) is 29.0. The Morgan fingerprint density at radius 2 is 1.56 bits per heavy atom. The first-order valence-corrected chi connectivity index (χ1v) is 12.5. The van der Waals surface area contributed by atoms with Gasteiger partial charge in [0.25, 0.3) is 0 Å². The van der Waals surface area contributed by atoms with Crippen LogP contribution in [0.4, 0.5) is 0 Å². The van der Waals surface area contributed by atoms with Crippen molar-refractivity contribution in [2.75, 3.05) is 6.79 Å². The predicted octanol–water partition coefficient (Wildman–Crippen LogP) is 7.04. The third-order valence-corrected chi connectivity index (χ3v) is 5.04. The topological polar surface area (TPSA) is 71.1 Å². The number of rotatable bonds is 12. The quantitative estimate of drug-likeness (QED) is 0.136. The summed E-state index contributed by atoms with van der Waals surface area (Å²) in [6.45, 7) is 15.2. The van der Waals surface area contributed by atoms with Gasteiger partial charge in [-0.05, 0) is 103 Å². The fraction of sp³-hybridized carbons (Fsp3) is 0.467. The first-order valence-electron chi connectivity index (χ1n) is 12.5. The number of hydrogen-bond acceptors (Lipinski definition) is 6. The molecule has 0 fully saturated rings. The molecule has 0 aliphatic rings. The van der Waals surface area contributed by atoms with Crippen molar-refractivity contribution in [3.05, 3.63) is 59.2 Å². The molecule has 0 aromatic heterocycles. The normalized spacial score (nSPS) is 11.7. The fourth-order valence-electron chi connectivity index (χ4n) is 3.32. The Morgan fingerprint density at radius 3 is 2.11 bits per heavy atom. The summed E-state index contributed by atoms with van der Waals surface area (Å²) in [7, 11) is 0. The molecule has 2 rings (SSSR count). The summed E-state index contributed by atoms with van der Waals surface area (Å²) in [6, 6.07) is 10.7. The lowest BCUT2D eigenvalue weighted by atomic mass is 9.98. The fourth-order valence-corrected chi connectivity index (χ4v) is 3.32. The minimum Gasteiger partial charge on any atom is -0.490 e. The van der Waals surface area contributed by atoms with E-state index in [2.05, 4.69) is 6.92 Å². The van der Waals surface area contributed by atoms with Crippen molar-refractivity contribution in [3.63, 3.8) is 0 Å². The SMILES string of the molecule is CCCc1ccc(OC(C)C)c(C=CC(=O)c2ccc(OCOC(=O)C(C)(C)C)cc2)c1OC(C)C. The van der Waals surface area contributed by atoms with Crippen LogP contribution in [0.1, 0.15) is 83.3 Å². The van der Waals surface area contributed by atoms with Crippen LogP contribution in [0, 0.1) is 5.41 Å². The van der Waals surface area contributed by atoms with E-state index in [9.17, 15) is 9.59 Å². The maximum absolute atomic E-state index is 12.9. The average molecular weight is 497 g/mol. The van der Waals surface area contributed by atoms with Gasteiger partial charge in [0.15, 0.2) is 5.78 Å². The molecule has 0 heterocycles. The van der Waals surface area contributed by atoms with E-state index in [-0.39, 0.29) is 30.8 Å². The molecule has 6 nitrogen and oxygen atoms in total. The molecular formula is C30H40O6. The minimum absolute atomic E-state index is 0.0204. The van der Waals surface area contributed by atoms with E-state index >= 15 is 0 Å². The number of ether oxygens (including phenoxy) is 4.